The first-order valence-corrected chi connectivity index (χ1v) is 7.22. The molecule has 3 heteroatoms. The molecule has 0 aliphatic heterocycles. The van der Waals surface area contributed by atoms with Gasteiger partial charge in [0.25, 0.3) is 0 Å². The monoisotopic (exact) mass is 286 g/mol. The molecule has 1 aromatic carbocycles. The smallest absolute Gasteiger partial charge is 0.238 e. The summed E-state index contributed by atoms with van der Waals surface area (Å²) in [6.07, 6.45) is 3.58. The maximum atomic E-state index is 12.2. The summed E-state index contributed by atoms with van der Waals surface area (Å²) < 4.78 is 0. The molecule has 0 aliphatic rings. The number of benzene rings is 1. The van der Waals surface area contributed by atoms with Crippen molar-refractivity contribution in [2.75, 3.05) is 25.0 Å². The van der Waals surface area contributed by atoms with E-state index in [0.717, 1.165) is 11.3 Å². The molecule has 0 aromatic heterocycles. The van der Waals surface area contributed by atoms with Crippen LogP contribution < -0.4 is 5.32 Å². The molecule has 1 N–H and O–H groups in total. The Hall–Kier alpha value is -1.87. The topological polar surface area (TPSA) is 32.3 Å². The van der Waals surface area contributed by atoms with Gasteiger partial charge in [-0.2, -0.15) is 0 Å². The number of anilines is 1. The third-order valence-electron chi connectivity index (χ3n) is 3.15. The highest BCUT2D eigenvalue weighted by atomic mass is 16.2. The van der Waals surface area contributed by atoms with Crippen molar-refractivity contribution in [1.29, 1.82) is 0 Å². The first-order chi connectivity index (χ1) is 9.88. The standard InChI is InChI=1S/C18H26N2O/c1-6-12-20(13-7-2)14-17(21)19-16-11-9-8-10-15(16)18(3,4)5/h6-11H,1-2,12-14H2,3-5H3,(H,19,21). The molecule has 3 nitrogen and oxygen atoms in total. The molecule has 1 amide bonds. The number of rotatable bonds is 7. The third-order valence-corrected chi connectivity index (χ3v) is 3.15. The molecule has 114 valence electrons. The van der Waals surface area contributed by atoms with Crippen LogP contribution in [0.1, 0.15) is 26.3 Å². The molecule has 1 aromatic rings. The fourth-order valence-corrected chi connectivity index (χ4v) is 2.21. The molecule has 0 heterocycles. The summed E-state index contributed by atoms with van der Waals surface area (Å²) >= 11 is 0. The van der Waals surface area contributed by atoms with Gasteiger partial charge in [-0.15, -0.1) is 13.2 Å². The van der Waals surface area contributed by atoms with Crippen molar-refractivity contribution >= 4 is 11.6 Å². The number of carbonyl (C=O) groups is 1. The zero-order valence-corrected chi connectivity index (χ0v) is 13.4. The fraction of sp³-hybridized carbons (Fsp3) is 0.389. The van der Waals surface area contributed by atoms with Crippen LogP contribution in [-0.4, -0.2) is 30.4 Å². The molecule has 1 rings (SSSR count). The largest absolute Gasteiger partial charge is 0.325 e. The van der Waals surface area contributed by atoms with E-state index in [1.165, 1.54) is 0 Å². The summed E-state index contributed by atoms with van der Waals surface area (Å²) in [5.41, 5.74) is 2.01. The number of carbonyl (C=O) groups excluding carboxylic acids is 1. The molecule has 0 aliphatic carbocycles. The summed E-state index contributed by atoms with van der Waals surface area (Å²) in [6, 6.07) is 7.94. The van der Waals surface area contributed by atoms with Crippen LogP contribution >= 0.6 is 0 Å². The number of amides is 1. The Morgan fingerprint density at radius 3 is 2.29 bits per heavy atom. The molecule has 0 saturated heterocycles. The minimum atomic E-state index is -0.0181. The number of nitrogens with one attached hydrogen (secondary N) is 1. The predicted octanol–water partition coefficient (Wildman–Crippen LogP) is 3.60. The summed E-state index contributed by atoms with van der Waals surface area (Å²) in [7, 11) is 0. The van der Waals surface area contributed by atoms with Gasteiger partial charge in [0.1, 0.15) is 0 Å². The van der Waals surface area contributed by atoms with Crippen LogP contribution in [-0.2, 0) is 10.2 Å². The molecule has 0 radical (unpaired) electrons. The van der Waals surface area contributed by atoms with Gasteiger partial charge in [0.2, 0.25) is 5.91 Å². The molecular weight excluding hydrogens is 260 g/mol. The van der Waals surface area contributed by atoms with Gasteiger partial charge in [0.15, 0.2) is 0 Å². The average Bonchev–Trinajstić information content (AvgIpc) is 2.38. The maximum absolute atomic E-state index is 12.2. The summed E-state index contributed by atoms with van der Waals surface area (Å²) in [5, 5.41) is 3.02. The van der Waals surface area contributed by atoms with Crippen molar-refractivity contribution in [3.05, 3.63) is 55.1 Å². The van der Waals surface area contributed by atoms with Gasteiger partial charge < -0.3 is 5.32 Å². The lowest BCUT2D eigenvalue weighted by molar-refractivity contribution is -0.117. The maximum Gasteiger partial charge on any atom is 0.238 e. The molecule has 0 fully saturated rings. The van der Waals surface area contributed by atoms with Crippen LogP contribution in [0.25, 0.3) is 0 Å². The van der Waals surface area contributed by atoms with E-state index in [1.54, 1.807) is 12.2 Å². The third kappa shape index (κ3) is 5.56. The Bertz CT molecular complexity index is 490. The summed E-state index contributed by atoms with van der Waals surface area (Å²) in [6.45, 7) is 15.5. The lowest BCUT2D eigenvalue weighted by Crippen LogP contribution is -2.34. The average molecular weight is 286 g/mol. The number of hydrogen-bond acceptors (Lipinski definition) is 2. The number of para-hydroxylation sites is 1. The van der Waals surface area contributed by atoms with E-state index in [9.17, 15) is 4.79 Å². The van der Waals surface area contributed by atoms with Gasteiger partial charge in [-0.3, -0.25) is 9.69 Å². The normalized spacial score (nSPS) is 11.2. The van der Waals surface area contributed by atoms with Gasteiger partial charge in [0.05, 0.1) is 6.54 Å². The lowest BCUT2D eigenvalue weighted by Gasteiger charge is -2.24. The van der Waals surface area contributed by atoms with Crippen LogP contribution in [0.2, 0.25) is 0 Å². The van der Waals surface area contributed by atoms with Crippen LogP contribution in [0.4, 0.5) is 5.69 Å². The SMILES string of the molecule is C=CCN(CC=C)CC(=O)Nc1ccccc1C(C)(C)C. The van der Waals surface area contributed by atoms with Crippen molar-refractivity contribution in [2.45, 2.75) is 26.2 Å². The van der Waals surface area contributed by atoms with E-state index in [-0.39, 0.29) is 11.3 Å². The lowest BCUT2D eigenvalue weighted by atomic mass is 9.86. The molecule has 0 atom stereocenters. The Morgan fingerprint density at radius 2 is 1.76 bits per heavy atom. The molecule has 0 bridgehead atoms. The highest BCUT2D eigenvalue weighted by Crippen LogP contribution is 2.29. The van der Waals surface area contributed by atoms with E-state index in [0.29, 0.717) is 19.6 Å². The fourth-order valence-electron chi connectivity index (χ4n) is 2.21. The predicted molar refractivity (Wildman–Crippen MR) is 90.6 cm³/mol. The van der Waals surface area contributed by atoms with Gasteiger partial charge in [-0.05, 0) is 17.0 Å². The van der Waals surface area contributed by atoms with Crippen molar-refractivity contribution in [2.24, 2.45) is 0 Å². The second-order valence-corrected chi connectivity index (χ2v) is 6.12. The zero-order valence-electron chi connectivity index (χ0n) is 13.4. The summed E-state index contributed by atoms with van der Waals surface area (Å²) in [5.74, 6) is -0.0181. The van der Waals surface area contributed by atoms with Crippen LogP contribution in [0, 0.1) is 0 Å². The highest BCUT2D eigenvalue weighted by Gasteiger charge is 2.19. The minimum absolute atomic E-state index is 0.00814. The first-order valence-electron chi connectivity index (χ1n) is 7.22. The second-order valence-electron chi connectivity index (χ2n) is 6.12. The zero-order chi connectivity index (χ0) is 15.9. The minimum Gasteiger partial charge on any atom is -0.325 e. The number of nitrogens with zero attached hydrogens (tertiary/aromatic N) is 1. The van der Waals surface area contributed by atoms with Crippen molar-refractivity contribution in [3.63, 3.8) is 0 Å². The van der Waals surface area contributed by atoms with E-state index in [4.69, 9.17) is 0 Å². The van der Waals surface area contributed by atoms with Gasteiger partial charge in [-0.25, -0.2) is 0 Å². The van der Waals surface area contributed by atoms with E-state index >= 15 is 0 Å². The molecule has 21 heavy (non-hydrogen) atoms. The van der Waals surface area contributed by atoms with Crippen molar-refractivity contribution in [3.8, 4) is 0 Å². The van der Waals surface area contributed by atoms with Gasteiger partial charge in [0, 0.05) is 18.8 Å². The van der Waals surface area contributed by atoms with Crippen LogP contribution in [0.5, 0.6) is 0 Å². The molecule has 0 spiro atoms. The molecular formula is C18H26N2O. The number of hydrogen-bond donors (Lipinski definition) is 1. The quantitative estimate of drug-likeness (QED) is 0.777. The Morgan fingerprint density at radius 1 is 1.19 bits per heavy atom. The van der Waals surface area contributed by atoms with E-state index in [2.05, 4.69) is 45.3 Å². The van der Waals surface area contributed by atoms with Crippen LogP contribution in [0.3, 0.4) is 0 Å². The Kier molecular flexibility index (Phi) is 6.38. The molecule has 0 unspecified atom stereocenters. The Labute approximate surface area is 128 Å². The van der Waals surface area contributed by atoms with E-state index in [1.807, 2.05) is 23.1 Å². The van der Waals surface area contributed by atoms with Crippen LogP contribution in [0.15, 0.2) is 49.6 Å². The van der Waals surface area contributed by atoms with Crippen molar-refractivity contribution < 1.29 is 4.79 Å². The van der Waals surface area contributed by atoms with E-state index < -0.39 is 0 Å². The summed E-state index contributed by atoms with van der Waals surface area (Å²) in [4.78, 5) is 14.2. The van der Waals surface area contributed by atoms with Gasteiger partial charge >= 0.3 is 0 Å². The first kappa shape index (κ1) is 17.2. The van der Waals surface area contributed by atoms with Gasteiger partial charge in [-0.1, -0.05) is 51.1 Å². The van der Waals surface area contributed by atoms with Crippen molar-refractivity contribution in [1.82, 2.24) is 4.90 Å². The highest BCUT2D eigenvalue weighted by molar-refractivity contribution is 5.93. The second kappa shape index (κ2) is 7.79. The Balaban J connectivity index is 2.79. The molecule has 0 saturated carbocycles.